The Morgan fingerprint density at radius 2 is 1.85 bits per heavy atom. The predicted octanol–water partition coefficient (Wildman–Crippen LogP) is 3.42. The molecule has 0 radical (unpaired) electrons. The van der Waals surface area contributed by atoms with Crippen LogP contribution in [0.4, 0.5) is 11.4 Å². The summed E-state index contributed by atoms with van der Waals surface area (Å²) in [4.78, 5) is 19.0. The van der Waals surface area contributed by atoms with Crippen molar-refractivity contribution < 1.29 is 14.3 Å². The van der Waals surface area contributed by atoms with Crippen molar-refractivity contribution in [1.82, 2.24) is 9.88 Å². The van der Waals surface area contributed by atoms with E-state index in [0.29, 0.717) is 44.8 Å². The summed E-state index contributed by atoms with van der Waals surface area (Å²) in [5, 5.41) is 3.39. The predicted molar refractivity (Wildman–Crippen MR) is 103 cm³/mol. The topological polar surface area (TPSA) is 63.7 Å². The number of pyridine rings is 1. The molecule has 142 valence electrons. The first kappa shape index (κ1) is 17.9. The SMILES string of the molecule is Cc1ccc(Nc2ccnc(C(=O)N3CCC4(CC3)OCCO4)c2)c(C)c1. The van der Waals surface area contributed by atoms with Gasteiger partial charge < -0.3 is 19.7 Å². The Kier molecular flexibility index (Phi) is 4.85. The molecule has 0 atom stereocenters. The molecule has 2 aliphatic rings. The number of ether oxygens (including phenoxy) is 2. The molecular formula is C21H25N3O3. The molecule has 3 heterocycles. The van der Waals surface area contributed by atoms with E-state index in [0.717, 1.165) is 16.9 Å². The second-order valence-electron chi connectivity index (χ2n) is 7.27. The molecule has 0 saturated carbocycles. The molecule has 1 N–H and O–H groups in total. The lowest BCUT2D eigenvalue weighted by molar-refractivity contribution is -0.181. The van der Waals surface area contributed by atoms with Crippen LogP contribution in [0.5, 0.6) is 0 Å². The van der Waals surface area contributed by atoms with E-state index in [2.05, 4.69) is 42.3 Å². The van der Waals surface area contributed by atoms with Gasteiger partial charge in [0.1, 0.15) is 5.69 Å². The molecule has 1 amide bonds. The van der Waals surface area contributed by atoms with Crippen molar-refractivity contribution in [1.29, 1.82) is 0 Å². The quantitative estimate of drug-likeness (QED) is 0.901. The summed E-state index contributed by atoms with van der Waals surface area (Å²) in [6.07, 6.45) is 3.09. The molecule has 1 spiro atoms. The van der Waals surface area contributed by atoms with Gasteiger partial charge in [0, 0.05) is 43.5 Å². The molecule has 0 aliphatic carbocycles. The van der Waals surface area contributed by atoms with Gasteiger partial charge in [0.2, 0.25) is 0 Å². The van der Waals surface area contributed by atoms with Crippen molar-refractivity contribution in [2.75, 3.05) is 31.6 Å². The van der Waals surface area contributed by atoms with Gasteiger partial charge in [-0.05, 0) is 37.6 Å². The maximum atomic E-state index is 12.9. The number of rotatable bonds is 3. The van der Waals surface area contributed by atoms with Gasteiger partial charge in [-0.15, -0.1) is 0 Å². The number of benzene rings is 1. The summed E-state index contributed by atoms with van der Waals surface area (Å²) in [5.74, 6) is -0.525. The van der Waals surface area contributed by atoms with E-state index in [1.165, 1.54) is 5.56 Å². The van der Waals surface area contributed by atoms with Crippen LogP contribution in [-0.2, 0) is 9.47 Å². The number of hydrogen-bond donors (Lipinski definition) is 1. The average molecular weight is 367 g/mol. The molecule has 6 heteroatoms. The Balaban J connectivity index is 1.45. The molecule has 2 aliphatic heterocycles. The van der Waals surface area contributed by atoms with Gasteiger partial charge in [-0.2, -0.15) is 0 Å². The minimum atomic E-state index is -0.476. The smallest absolute Gasteiger partial charge is 0.272 e. The van der Waals surface area contributed by atoms with Crippen LogP contribution < -0.4 is 5.32 Å². The monoisotopic (exact) mass is 367 g/mol. The number of hydrogen-bond acceptors (Lipinski definition) is 5. The number of aromatic nitrogens is 1. The van der Waals surface area contributed by atoms with E-state index in [1.807, 2.05) is 17.0 Å². The lowest BCUT2D eigenvalue weighted by atomic mass is 10.0. The Bertz CT molecular complexity index is 836. The van der Waals surface area contributed by atoms with E-state index < -0.39 is 5.79 Å². The van der Waals surface area contributed by atoms with Crippen LogP contribution in [-0.4, -0.2) is 47.9 Å². The van der Waals surface area contributed by atoms with Gasteiger partial charge in [-0.25, -0.2) is 0 Å². The second kappa shape index (κ2) is 7.29. The average Bonchev–Trinajstić information content (AvgIpc) is 3.12. The van der Waals surface area contributed by atoms with E-state index in [-0.39, 0.29) is 5.91 Å². The highest BCUT2D eigenvalue weighted by Crippen LogP contribution is 2.31. The third kappa shape index (κ3) is 3.82. The molecule has 2 saturated heterocycles. The molecule has 2 aromatic rings. The molecule has 4 rings (SSSR count). The first-order valence-corrected chi connectivity index (χ1v) is 9.42. The van der Waals surface area contributed by atoms with Gasteiger partial charge >= 0.3 is 0 Å². The van der Waals surface area contributed by atoms with Crippen LogP contribution in [0.15, 0.2) is 36.5 Å². The maximum absolute atomic E-state index is 12.9. The number of carbonyl (C=O) groups is 1. The standard InChI is InChI=1S/C21H25N3O3/c1-15-3-4-18(16(2)13-15)23-17-5-8-22-19(14-17)20(25)24-9-6-21(7-10-24)26-11-12-27-21/h3-5,8,13-14H,6-7,9-12H2,1-2H3,(H,22,23). The molecule has 1 aromatic carbocycles. The Morgan fingerprint density at radius 3 is 2.56 bits per heavy atom. The molecule has 27 heavy (non-hydrogen) atoms. The fourth-order valence-corrected chi connectivity index (χ4v) is 3.73. The minimum absolute atomic E-state index is 0.0490. The van der Waals surface area contributed by atoms with Crippen molar-refractivity contribution in [2.24, 2.45) is 0 Å². The zero-order valence-electron chi connectivity index (χ0n) is 15.8. The normalized spacial score (nSPS) is 18.7. The van der Waals surface area contributed by atoms with E-state index in [1.54, 1.807) is 6.20 Å². The largest absolute Gasteiger partial charge is 0.355 e. The summed E-state index contributed by atoms with van der Waals surface area (Å²) in [7, 11) is 0. The van der Waals surface area contributed by atoms with E-state index in [9.17, 15) is 4.79 Å². The van der Waals surface area contributed by atoms with Crippen molar-refractivity contribution in [2.45, 2.75) is 32.5 Å². The Labute approximate surface area is 159 Å². The zero-order valence-corrected chi connectivity index (χ0v) is 15.8. The van der Waals surface area contributed by atoms with E-state index >= 15 is 0 Å². The van der Waals surface area contributed by atoms with Gasteiger partial charge in [0.15, 0.2) is 5.79 Å². The zero-order chi connectivity index (χ0) is 18.9. The Morgan fingerprint density at radius 1 is 1.11 bits per heavy atom. The molecule has 0 bridgehead atoms. The summed E-state index contributed by atoms with van der Waals surface area (Å²) in [5.41, 5.74) is 4.73. The lowest BCUT2D eigenvalue weighted by Gasteiger charge is -2.37. The highest BCUT2D eigenvalue weighted by molar-refractivity contribution is 5.93. The van der Waals surface area contributed by atoms with Crippen LogP contribution >= 0.6 is 0 Å². The second-order valence-corrected chi connectivity index (χ2v) is 7.27. The van der Waals surface area contributed by atoms with Crippen LogP contribution in [0.1, 0.15) is 34.5 Å². The van der Waals surface area contributed by atoms with Crippen molar-refractivity contribution in [3.8, 4) is 0 Å². The fourth-order valence-electron chi connectivity index (χ4n) is 3.73. The number of nitrogens with one attached hydrogen (secondary N) is 1. The number of aryl methyl sites for hydroxylation is 2. The molecule has 6 nitrogen and oxygen atoms in total. The first-order valence-electron chi connectivity index (χ1n) is 9.42. The summed E-state index contributed by atoms with van der Waals surface area (Å²) in [6, 6.07) is 9.94. The van der Waals surface area contributed by atoms with Crippen LogP contribution in [0.2, 0.25) is 0 Å². The lowest BCUT2D eigenvalue weighted by Crippen LogP contribution is -2.47. The van der Waals surface area contributed by atoms with Crippen LogP contribution in [0.3, 0.4) is 0 Å². The third-order valence-electron chi connectivity index (χ3n) is 5.27. The first-order chi connectivity index (χ1) is 13.0. The minimum Gasteiger partial charge on any atom is -0.355 e. The number of likely N-dealkylation sites (tertiary alicyclic amines) is 1. The highest BCUT2D eigenvalue weighted by Gasteiger charge is 2.41. The van der Waals surface area contributed by atoms with Gasteiger partial charge in [0.25, 0.3) is 5.91 Å². The van der Waals surface area contributed by atoms with Crippen LogP contribution in [0.25, 0.3) is 0 Å². The van der Waals surface area contributed by atoms with Crippen molar-refractivity contribution in [3.63, 3.8) is 0 Å². The molecular weight excluding hydrogens is 342 g/mol. The van der Waals surface area contributed by atoms with Crippen molar-refractivity contribution >= 4 is 17.3 Å². The molecule has 1 aromatic heterocycles. The summed E-state index contributed by atoms with van der Waals surface area (Å²) < 4.78 is 11.5. The third-order valence-corrected chi connectivity index (χ3v) is 5.27. The fraction of sp³-hybridized carbons (Fsp3) is 0.429. The maximum Gasteiger partial charge on any atom is 0.272 e. The number of amides is 1. The molecule has 0 unspecified atom stereocenters. The number of nitrogens with zero attached hydrogens (tertiary/aromatic N) is 2. The highest BCUT2D eigenvalue weighted by atomic mass is 16.7. The van der Waals surface area contributed by atoms with Gasteiger partial charge in [0.05, 0.1) is 13.2 Å². The summed E-state index contributed by atoms with van der Waals surface area (Å²) in [6.45, 7) is 6.66. The summed E-state index contributed by atoms with van der Waals surface area (Å²) >= 11 is 0. The van der Waals surface area contributed by atoms with Crippen LogP contribution in [0, 0.1) is 13.8 Å². The number of piperidine rings is 1. The molecule has 2 fully saturated rings. The van der Waals surface area contributed by atoms with Crippen molar-refractivity contribution in [3.05, 3.63) is 53.3 Å². The van der Waals surface area contributed by atoms with Gasteiger partial charge in [-0.3, -0.25) is 9.78 Å². The number of anilines is 2. The van der Waals surface area contributed by atoms with Gasteiger partial charge in [-0.1, -0.05) is 17.7 Å². The number of carbonyl (C=O) groups excluding carboxylic acids is 1. The van der Waals surface area contributed by atoms with E-state index in [4.69, 9.17) is 9.47 Å². The Hall–Kier alpha value is -2.44.